The lowest BCUT2D eigenvalue weighted by Crippen LogP contribution is -2.53. The number of esters is 2. The SMILES string of the molecule is CCOC(=O)C(CCc1ccccc1)CN(C(=O)C1N[C@H](C(=O)OCc2ccccc2)Cc2ccccc21)C(C)C. The van der Waals surface area contributed by atoms with Crippen LogP contribution in [0.2, 0.25) is 0 Å². The predicted molar refractivity (Wildman–Crippen MR) is 158 cm³/mol. The lowest BCUT2D eigenvalue weighted by Gasteiger charge is -2.37. The normalized spacial score (nSPS) is 16.9. The molecular formula is C34H40N2O5. The number of nitrogens with zero attached hydrogens (tertiary/aromatic N) is 1. The van der Waals surface area contributed by atoms with Gasteiger partial charge >= 0.3 is 11.9 Å². The molecule has 4 rings (SSSR count). The lowest BCUT2D eigenvalue weighted by atomic mass is 9.89. The van der Waals surface area contributed by atoms with Crippen LogP contribution in [0, 0.1) is 5.92 Å². The molecule has 0 saturated heterocycles. The first kappa shape index (κ1) is 30.0. The maximum atomic E-state index is 14.2. The van der Waals surface area contributed by atoms with Crippen LogP contribution >= 0.6 is 0 Å². The van der Waals surface area contributed by atoms with Crippen molar-refractivity contribution >= 4 is 17.8 Å². The number of ether oxygens (including phenoxy) is 2. The van der Waals surface area contributed by atoms with Crippen molar-refractivity contribution in [2.75, 3.05) is 13.2 Å². The van der Waals surface area contributed by atoms with Crippen LogP contribution in [0.25, 0.3) is 0 Å². The van der Waals surface area contributed by atoms with Gasteiger partial charge in [0.25, 0.3) is 0 Å². The van der Waals surface area contributed by atoms with Gasteiger partial charge in [0.05, 0.1) is 12.5 Å². The fraction of sp³-hybridized carbons (Fsp3) is 0.382. The molecule has 3 atom stereocenters. The van der Waals surface area contributed by atoms with E-state index in [1.165, 1.54) is 0 Å². The van der Waals surface area contributed by atoms with E-state index in [9.17, 15) is 14.4 Å². The van der Waals surface area contributed by atoms with Crippen molar-refractivity contribution in [1.29, 1.82) is 0 Å². The van der Waals surface area contributed by atoms with E-state index in [1.54, 1.807) is 11.8 Å². The Morgan fingerprint density at radius 1 is 0.878 bits per heavy atom. The van der Waals surface area contributed by atoms with Gasteiger partial charge in [-0.3, -0.25) is 19.7 Å². The molecule has 0 fully saturated rings. The number of fused-ring (bicyclic) bond motifs is 1. The summed E-state index contributed by atoms with van der Waals surface area (Å²) in [5, 5.41) is 3.28. The summed E-state index contributed by atoms with van der Waals surface area (Å²) >= 11 is 0. The molecule has 1 amide bonds. The van der Waals surface area contributed by atoms with Crippen molar-refractivity contribution in [2.45, 2.75) is 64.8 Å². The summed E-state index contributed by atoms with van der Waals surface area (Å²) in [5.74, 6) is -1.36. The molecule has 3 aromatic carbocycles. The first-order chi connectivity index (χ1) is 19.9. The third-order valence-corrected chi connectivity index (χ3v) is 7.48. The van der Waals surface area contributed by atoms with Gasteiger partial charge in [0.15, 0.2) is 0 Å². The monoisotopic (exact) mass is 556 g/mol. The molecule has 1 aliphatic heterocycles. The van der Waals surface area contributed by atoms with Crippen LogP contribution in [0.15, 0.2) is 84.9 Å². The van der Waals surface area contributed by atoms with Crippen LogP contribution in [0.5, 0.6) is 0 Å². The van der Waals surface area contributed by atoms with Crippen LogP contribution in [-0.4, -0.2) is 48.0 Å². The van der Waals surface area contributed by atoms with E-state index < -0.39 is 24.0 Å². The van der Waals surface area contributed by atoms with Crippen LogP contribution in [0.1, 0.15) is 55.5 Å². The maximum absolute atomic E-state index is 14.2. The lowest BCUT2D eigenvalue weighted by molar-refractivity contribution is -0.150. The Morgan fingerprint density at radius 3 is 2.17 bits per heavy atom. The minimum atomic E-state index is -0.742. The molecular weight excluding hydrogens is 516 g/mol. The number of carbonyl (C=O) groups is 3. The summed E-state index contributed by atoms with van der Waals surface area (Å²) in [4.78, 5) is 42.1. The van der Waals surface area contributed by atoms with Gasteiger partial charge in [0, 0.05) is 12.6 Å². The van der Waals surface area contributed by atoms with Gasteiger partial charge in [0.1, 0.15) is 18.7 Å². The Labute approximate surface area is 242 Å². The molecule has 7 heteroatoms. The molecule has 0 aliphatic carbocycles. The third-order valence-electron chi connectivity index (χ3n) is 7.48. The standard InChI is InChI=1S/C34H40N2O5/c1-4-40-33(38)28(20-19-25-13-7-5-8-14-25)22-36(24(2)3)32(37)31-29-18-12-11-17-27(29)21-30(35-31)34(39)41-23-26-15-9-6-10-16-26/h5-18,24,28,30-31,35H,4,19-23H2,1-3H3/t28?,30-,31?/m0/s1. The fourth-order valence-corrected chi connectivity index (χ4v) is 5.24. The first-order valence-corrected chi connectivity index (χ1v) is 14.4. The van der Waals surface area contributed by atoms with Gasteiger partial charge in [-0.05, 0) is 62.3 Å². The van der Waals surface area contributed by atoms with E-state index in [0.717, 1.165) is 22.3 Å². The number of hydrogen-bond acceptors (Lipinski definition) is 6. The van der Waals surface area contributed by atoms with Crippen molar-refractivity contribution in [2.24, 2.45) is 5.92 Å². The molecule has 0 saturated carbocycles. The minimum Gasteiger partial charge on any atom is -0.466 e. The van der Waals surface area contributed by atoms with Crippen LogP contribution in [0.3, 0.4) is 0 Å². The smallest absolute Gasteiger partial charge is 0.323 e. The van der Waals surface area contributed by atoms with Gasteiger partial charge in [-0.25, -0.2) is 0 Å². The Bertz CT molecular complexity index is 1290. The summed E-state index contributed by atoms with van der Waals surface area (Å²) < 4.78 is 11.0. The van der Waals surface area contributed by atoms with Gasteiger partial charge in [-0.15, -0.1) is 0 Å². The van der Waals surface area contributed by atoms with E-state index in [2.05, 4.69) is 5.32 Å². The maximum Gasteiger partial charge on any atom is 0.323 e. The summed E-state index contributed by atoms with van der Waals surface area (Å²) in [6.45, 7) is 6.35. The average Bonchev–Trinajstić information content (AvgIpc) is 3.00. The quantitative estimate of drug-likeness (QED) is 0.315. The van der Waals surface area contributed by atoms with Crippen LogP contribution in [0.4, 0.5) is 0 Å². The van der Waals surface area contributed by atoms with Crippen molar-refractivity contribution in [3.63, 3.8) is 0 Å². The fourth-order valence-electron chi connectivity index (χ4n) is 5.24. The second kappa shape index (κ2) is 14.6. The summed E-state index contributed by atoms with van der Waals surface area (Å²) in [5.41, 5.74) is 3.80. The van der Waals surface area contributed by atoms with Gasteiger partial charge < -0.3 is 14.4 Å². The van der Waals surface area contributed by atoms with Gasteiger partial charge in [0.2, 0.25) is 5.91 Å². The number of carbonyl (C=O) groups excluding carboxylic acids is 3. The van der Waals surface area contributed by atoms with E-state index in [1.807, 2.05) is 98.8 Å². The number of benzene rings is 3. The Kier molecular flexibility index (Phi) is 10.7. The summed E-state index contributed by atoms with van der Waals surface area (Å²) in [6, 6.07) is 25.6. The zero-order valence-electron chi connectivity index (χ0n) is 24.1. The molecule has 0 radical (unpaired) electrons. The zero-order valence-corrected chi connectivity index (χ0v) is 24.1. The Morgan fingerprint density at radius 2 is 1.51 bits per heavy atom. The highest BCUT2D eigenvalue weighted by molar-refractivity contribution is 5.87. The molecule has 1 heterocycles. The second-order valence-electron chi connectivity index (χ2n) is 10.7. The summed E-state index contributed by atoms with van der Waals surface area (Å²) in [7, 11) is 0. The zero-order chi connectivity index (χ0) is 29.2. The predicted octanol–water partition coefficient (Wildman–Crippen LogP) is 5.03. The van der Waals surface area contributed by atoms with Crippen LogP contribution < -0.4 is 5.32 Å². The molecule has 1 aliphatic rings. The molecule has 1 N–H and O–H groups in total. The van der Waals surface area contributed by atoms with Crippen LogP contribution in [-0.2, 0) is 43.3 Å². The highest BCUT2D eigenvalue weighted by Crippen LogP contribution is 2.29. The largest absolute Gasteiger partial charge is 0.466 e. The highest BCUT2D eigenvalue weighted by atomic mass is 16.5. The second-order valence-corrected chi connectivity index (χ2v) is 10.7. The number of rotatable bonds is 12. The Hall–Kier alpha value is -3.97. The number of amides is 1. The average molecular weight is 557 g/mol. The van der Waals surface area contributed by atoms with Gasteiger partial charge in [-0.1, -0.05) is 84.9 Å². The Balaban J connectivity index is 1.52. The van der Waals surface area contributed by atoms with E-state index >= 15 is 0 Å². The molecule has 0 aromatic heterocycles. The van der Waals surface area contributed by atoms with Crippen molar-refractivity contribution in [1.82, 2.24) is 10.2 Å². The molecule has 41 heavy (non-hydrogen) atoms. The van der Waals surface area contributed by atoms with E-state index in [4.69, 9.17) is 9.47 Å². The topological polar surface area (TPSA) is 84.9 Å². The number of hydrogen-bond donors (Lipinski definition) is 1. The molecule has 216 valence electrons. The third kappa shape index (κ3) is 8.04. The highest BCUT2D eigenvalue weighted by Gasteiger charge is 2.38. The molecule has 0 spiro atoms. The van der Waals surface area contributed by atoms with Gasteiger partial charge in [-0.2, -0.15) is 0 Å². The van der Waals surface area contributed by atoms with E-state index in [-0.39, 0.29) is 37.7 Å². The number of aryl methyl sites for hydroxylation is 1. The minimum absolute atomic E-state index is 0.166. The number of nitrogens with one attached hydrogen (secondary N) is 1. The first-order valence-electron chi connectivity index (χ1n) is 14.4. The molecule has 2 unspecified atom stereocenters. The van der Waals surface area contributed by atoms with Crippen molar-refractivity contribution in [3.8, 4) is 0 Å². The van der Waals surface area contributed by atoms with Crippen molar-refractivity contribution < 1.29 is 23.9 Å². The molecule has 0 bridgehead atoms. The molecule has 3 aromatic rings. The molecule has 7 nitrogen and oxygen atoms in total. The summed E-state index contributed by atoms with van der Waals surface area (Å²) in [6.07, 6.45) is 1.69. The van der Waals surface area contributed by atoms with Crippen molar-refractivity contribution in [3.05, 3.63) is 107 Å². The van der Waals surface area contributed by atoms with E-state index in [0.29, 0.717) is 19.3 Å².